The highest BCUT2D eigenvalue weighted by Crippen LogP contribution is 2.38. The van der Waals surface area contributed by atoms with E-state index < -0.39 is 0 Å². The number of aryl methyl sites for hydroxylation is 2. The van der Waals surface area contributed by atoms with Crippen LogP contribution in [0, 0.1) is 6.92 Å². The van der Waals surface area contributed by atoms with Gasteiger partial charge >= 0.3 is 0 Å². The summed E-state index contributed by atoms with van der Waals surface area (Å²) in [7, 11) is 0. The van der Waals surface area contributed by atoms with Gasteiger partial charge in [0.25, 0.3) is 0 Å². The van der Waals surface area contributed by atoms with Crippen LogP contribution in [0.3, 0.4) is 0 Å². The summed E-state index contributed by atoms with van der Waals surface area (Å²) in [6.45, 7) is 15.4. The van der Waals surface area contributed by atoms with Crippen LogP contribution in [0.5, 0.6) is 0 Å². The highest BCUT2D eigenvalue weighted by molar-refractivity contribution is 6.93. The molecule has 0 saturated heterocycles. The molecule has 6 rings (SSSR count). The van der Waals surface area contributed by atoms with Gasteiger partial charge in [-0.25, -0.2) is 0 Å². The normalized spacial score (nSPS) is 13.8. The maximum absolute atomic E-state index is 4.47. The minimum absolute atomic E-state index is 0.0153. The van der Waals surface area contributed by atoms with E-state index >= 15 is 0 Å². The fraction of sp³-hybridized carbons (Fsp3) is 0.163. The van der Waals surface area contributed by atoms with Gasteiger partial charge in [-0.2, -0.15) is 0 Å². The summed E-state index contributed by atoms with van der Waals surface area (Å²) in [5, 5.41) is 5.19. The van der Waals surface area contributed by atoms with Crippen molar-refractivity contribution in [3.63, 3.8) is 0 Å². The number of allylic oxidation sites excluding steroid dienone is 8. The van der Waals surface area contributed by atoms with E-state index in [0.29, 0.717) is 0 Å². The van der Waals surface area contributed by atoms with Crippen LogP contribution in [0.4, 0.5) is 0 Å². The maximum Gasteiger partial charge on any atom is 0.243 e. The van der Waals surface area contributed by atoms with Crippen LogP contribution in [0.25, 0.3) is 38.7 Å². The fourth-order valence-corrected chi connectivity index (χ4v) is 7.09. The molecule has 44 heavy (non-hydrogen) atoms. The first-order valence-corrected chi connectivity index (χ1v) is 15.9. The Hall–Kier alpha value is -4.62. The Morgan fingerprint density at radius 1 is 0.818 bits per heavy atom. The van der Waals surface area contributed by atoms with Crippen molar-refractivity contribution in [2.45, 2.75) is 47.5 Å². The topological polar surface area (TPSA) is 0 Å². The molecule has 0 spiro atoms. The van der Waals surface area contributed by atoms with Gasteiger partial charge in [0.1, 0.15) is 0 Å². The first-order valence-electron chi connectivity index (χ1n) is 15.9. The zero-order valence-electron chi connectivity index (χ0n) is 26.7. The summed E-state index contributed by atoms with van der Waals surface area (Å²) in [5.74, 6) is 0. The fourth-order valence-electron chi connectivity index (χ4n) is 7.09. The lowest BCUT2D eigenvalue weighted by Gasteiger charge is -2.27. The molecular formula is C43H41B. The van der Waals surface area contributed by atoms with Gasteiger partial charge in [0, 0.05) is 0 Å². The molecule has 0 unspecified atom stereocenters. The third-order valence-electron chi connectivity index (χ3n) is 9.26. The first-order chi connectivity index (χ1) is 21.4. The average molecular weight is 569 g/mol. The molecule has 0 radical (unpaired) electrons. The van der Waals surface area contributed by atoms with Gasteiger partial charge in [0.05, 0.1) is 0 Å². The van der Waals surface area contributed by atoms with Crippen molar-refractivity contribution < 1.29 is 0 Å². The molecule has 0 aliphatic heterocycles. The van der Waals surface area contributed by atoms with Crippen LogP contribution in [-0.4, -0.2) is 6.71 Å². The lowest BCUT2D eigenvalue weighted by Crippen LogP contribution is -2.47. The van der Waals surface area contributed by atoms with Gasteiger partial charge in [-0.1, -0.05) is 161 Å². The standard InChI is InChI=1S/C43H41B/c1-7-16-37(29(3)4)42(30(5)8-2)44(43-31(6)25-26-32-17-9-14-24-40(32)43)36-21-15-20-35(28-36)41-38-22-12-10-18-33(38)27-34-19-11-13-23-39(34)41/h7-10,12-18,20-28H,3,11,19H2,1-2,4-6H3/b16-7-,30-8-,42-37+. The Morgan fingerprint density at radius 3 is 2.32 bits per heavy atom. The predicted molar refractivity (Wildman–Crippen MR) is 197 cm³/mol. The summed E-state index contributed by atoms with van der Waals surface area (Å²) in [5.41, 5.74) is 14.2. The SMILES string of the molecule is C=C(C)C(/C=C\C)=C(B(c1cccc(-c2c3c(cc4ccccc24)CCC=C3)c1)c1c(C)ccc2ccccc12)\C(C)=C/C. The van der Waals surface area contributed by atoms with Gasteiger partial charge in [-0.15, -0.1) is 0 Å². The molecule has 0 amide bonds. The van der Waals surface area contributed by atoms with Gasteiger partial charge in [0.2, 0.25) is 6.71 Å². The number of benzene rings is 5. The molecule has 1 aliphatic carbocycles. The second-order valence-corrected chi connectivity index (χ2v) is 12.1. The molecule has 216 valence electrons. The lowest BCUT2D eigenvalue weighted by atomic mass is 9.33. The molecule has 0 saturated carbocycles. The van der Waals surface area contributed by atoms with E-state index in [9.17, 15) is 0 Å². The summed E-state index contributed by atoms with van der Waals surface area (Å²) in [4.78, 5) is 0. The van der Waals surface area contributed by atoms with Gasteiger partial charge in [0.15, 0.2) is 0 Å². The monoisotopic (exact) mass is 568 g/mol. The van der Waals surface area contributed by atoms with Gasteiger partial charge in [-0.05, 0) is 96.8 Å². The molecule has 0 aromatic heterocycles. The second-order valence-electron chi connectivity index (χ2n) is 12.1. The van der Waals surface area contributed by atoms with Crippen molar-refractivity contribution in [3.05, 3.63) is 161 Å². The van der Waals surface area contributed by atoms with Crippen molar-refractivity contribution in [2.75, 3.05) is 0 Å². The second kappa shape index (κ2) is 12.5. The van der Waals surface area contributed by atoms with Crippen LogP contribution in [0.2, 0.25) is 0 Å². The Kier molecular flexibility index (Phi) is 8.40. The van der Waals surface area contributed by atoms with Crippen molar-refractivity contribution >= 4 is 45.3 Å². The van der Waals surface area contributed by atoms with E-state index in [1.807, 2.05) is 0 Å². The average Bonchev–Trinajstić information content (AvgIpc) is 3.05. The van der Waals surface area contributed by atoms with Crippen molar-refractivity contribution in [3.8, 4) is 11.1 Å². The third kappa shape index (κ3) is 5.33. The Balaban J connectivity index is 1.72. The maximum atomic E-state index is 4.47. The summed E-state index contributed by atoms with van der Waals surface area (Å²) < 4.78 is 0. The molecule has 0 atom stereocenters. The molecule has 0 heterocycles. The molecule has 5 aromatic rings. The number of hydrogen-bond acceptors (Lipinski definition) is 0. The van der Waals surface area contributed by atoms with Gasteiger partial charge < -0.3 is 0 Å². The van der Waals surface area contributed by atoms with Crippen LogP contribution in [0.1, 0.15) is 50.8 Å². The third-order valence-corrected chi connectivity index (χ3v) is 9.26. The Bertz CT molecular complexity index is 2030. The van der Waals surface area contributed by atoms with E-state index in [1.165, 1.54) is 76.9 Å². The quantitative estimate of drug-likeness (QED) is 0.135. The molecule has 0 nitrogen and oxygen atoms in total. The number of hydrogen-bond donors (Lipinski definition) is 0. The molecule has 1 aliphatic rings. The summed E-state index contributed by atoms with van der Waals surface area (Å²) in [6, 6.07) is 34.0. The number of fused-ring (bicyclic) bond motifs is 3. The van der Waals surface area contributed by atoms with Crippen LogP contribution < -0.4 is 10.9 Å². The minimum Gasteiger partial charge on any atom is -0.0955 e. The molecule has 0 fully saturated rings. The zero-order valence-corrected chi connectivity index (χ0v) is 26.7. The highest BCUT2D eigenvalue weighted by atomic mass is 14.2. The van der Waals surface area contributed by atoms with E-state index in [1.54, 1.807) is 0 Å². The van der Waals surface area contributed by atoms with E-state index in [4.69, 9.17) is 0 Å². The largest absolute Gasteiger partial charge is 0.243 e. The minimum atomic E-state index is 0.0153. The smallest absolute Gasteiger partial charge is 0.0955 e. The molecular weight excluding hydrogens is 527 g/mol. The first kappa shape index (κ1) is 29.5. The van der Waals surface area contributed by atoms with Gasteiger partial charge in [-0.3, -0.25) is 0 Å². The Morgan fingerprint density at radius 2 is 1.57 bits per heavy atom. The van der Waals surface area contributed by atoms with Crippen molar-refractivity contribution in [1.82, 2.24) is 0 Å². The Labute approximate surface area is 263 Å². The van der Waals surface area contributed by atoms with Crippen LogP contribution >= 0.6 is 0 Å². The zero-order chi connectivity index (χ0) is 30.8. The predicted octanol–water partition coefficient (Wildman–Crippen LogP) is 10.5. The van der Waals surface area contributed by atoms with Crippen LogP contribution in [0.15, 0.2) is 144 Å². The number of rotatable bonds is 7. The van der Waals surface area contributed by atoms with Crippen molar-refractivity contribution in [1.29, 1.82) is 0 Å². The molecule has 0 N–H and O–H groups in total. The van der Waals surface area contributed by atoms with E-state index in [2.05, 4.69) is 163 Å². The highest BCUT2D eigenvalue weighted by Gasteiger charge is 2.31. The van der Waals surface area contributed by atoms with E-state index in [0.717, 1.165) is 18.4 Å². The molecule has 0 bridgehead atoms. The summed E-state index contributed by atoms with van der Waals surface area (Å²) >= 11 is 0. The van der Waals surface area contributed by atoms with Crippen molar-refractivity contribution in [2.24, 2.45) is 0 Å². The summed E-state index contributed by atoms with van der Waals surface area (Å²) in [6.07, 6.45) is 13.5. The molecule has 1 heteroatoms. The lowest BCUT2D eigenvalue weighted by molar-refractivity contribution is 0.989. The van der Waals surface area contributed by atoms with E-state index in [-0.39, 0.29) is 6.71 Å². The molecule has 5 aromatic carbocycles. The van der Waals surface area contributed by atoms with Crippen LogP contribution in [-0.2, 0) is 6.42 Å².